The fraction of sp³-hybridized carbons (Fsp3) is 0.0909. The van der Waals surface area contributed by atoms with E-state index in [4.69, 9.17) is 44.3 Å². The highest BCUT2D eigenvalue weighted by molar-refractivity contribution is 8.01. The Morgan fingerprint density at radius 1 is 0.742 bits per heavy atom. The Morgan fingerprint density at radius 2 is 1.23 bits per heavy atom. The van der Waals surface area contributed by atoms with Gasteiger partial charge in [-0.3, -0.25) is 9.59 Å². The van der Waals surface area contributed by atoms with Gasteiger partial charge < -0.3 is 14.0 Å². The molecule has 1 unspecified atom stereocenters. The second-order valence-electron chi connectivity index (χ2n) is 6.34. The molecule has 0 saturated heterocycles. The van der Waals surface area contributed by atoms with Crippen LogP contribution in [0.2, 0.25) is 15.1 Å². The Morgan fingerprint density at radius 3 is 1.71 bits per heavy atom. The maximum atomic E-state index is 14.4. The Hall–Kier alpha value is -2.30. The highest BCUT2D eigenvalue weighted by Gasteiger charge is 2.46. The van der Waals surface area contributed by atoms with E-state index in [1.54, 1.807) is 24.3 Å². The number of methoxy groups -OCH3 is 2. The largest absolute Gasteiger partial charge is 0.496 e. The number of benzene rings is 3. The Labute approximate surface area is 194 Å². The first-order valence-electron chi connectivity index (χ1n) is 8.86. The van der Waals surface area contributed by atoms with E-state index < -0.39 is 18.2 Å². The minimum atomic E-state index is -4.50. The van der Waals surface area contributed by atoms with E-state index in [2.05, 4.69) is 0 Å². The van der Waals surface area contributed by atoms with Crippen molar-refractivity contribution < 1.29 is 23.6 Å². The Bertz CT molecular complexity index is 1170. The zero-order chi connectivity index (χ0) is 22.8. The first-order valence-corrected chi connectivity index (χ1v) is 11.7. The number of hydrogen-bond acceptors (Lipinski definition) is 5. The summed E-state index contributed by atoms with van der Waals surface area (Å²) in [7, 11) is -1.79. The summed E-state index contributed by atoms with van der Waals surface area (Å²) in [5.41, 5.74) is -2.33. The van der Waals surface area contributed by atoms with Crippen LogP contribution in [0.4, 0.5) is 0 Å². The number of carbonyl (C=O) groups excluding carboxylic acids is 2. The molecule has 160 valence electrons. The average molecular weight is 498 g/mol. The van der Waals surface area contributed by atoms with Crippen molar-refractivity contribution in [2.45, 2.75) is 0 Å². The van der Waals surface area contributed by atoms with E-state index in [1.165, 1.54) is 50.6 Å². The van der Waals surface area contributed by atoms with Gasteiger partial charge in [0, 0.05) is 10.3 Å². The molecule has 3 rings (SSSR count). The van der Waals surface area contributed by atoms with Crippen molar-refractivity contribution >= 4 is 58.3 Å². The second kappa shape index (κ2) is 9.46. The molecule has 0 amide bonds. The van der Waals surface area contributed by atoms with Gasteiger partial charge in [-0.25, -0.2) is 0 Å². The van der Waals surface area contributed by atoms with Gasteiger partial charge in [0.25, 0.3) is 0 Å². The smallest absolute Gasteiger partial charge is 0.249 e. The summed E-state index contributed by atoms with van der Waals surface area (Å²) in [5, 5.41) is -0.00393. The predicted molar refractivity (Wildman–Crippen MR) is 123 cm³/mol. The van der Waals surface area contributed by atoms with Gasteiger partial charge in [0.1, 0.15) is 17.1 Å². The molecule has 5 nitrogen and oxygen atoms in total. The zero-order valence-electron chi connectivity index (χ0n) is 16.4. The van der Waals surface area contributed by atoms with E-state index in [-0.39, 0.29) is 43.0 Å². The average Bonchev–Trinajstić information content (AvgIpc) is 2.77. The molecular formula is C22H16Cl3O5P. The lowest BCUT2D eigenvalue weighted by atomic mass is 10.2. The quantitative estimate of drug-likeness (QED) is 0.357. The summed E-state index contributed by atoms with van der Waals surface area (Å²) in [6.45, 7) is 0. The van der Waals surface area contributed by atoms with Gasteiger partial charge in [-0.1, -0.05) is 71.2 Å². The summed E-state index contributed by atoms with van der Waals surface area (Å²) in [6.07, 6.45) is 0. The molecule has 3 aromatic rings. The number of rotatable bonds is 7. The molecule has 0 heterocycles. The lowest BCUT2D eigenvalue weighted by Crippen LogP contribution is -2.22. The number of carbonyl (C=O) groups is 2. The van der Waals surface area contributed by atoms with Gasteiger partial charge in [-0.05, 0) is 24.3 Å². The minimum Gasteiger partial charge on any atom is -0.496 e. The zero-order valence-corrected chi connectivity index (χ0v) is 19.6. The predicted octanol–water partition coefficient (Wildman–Crippen LogP) is 6.33. The van der Waals surface area contributed by atoms with Crippen LogP contribution < -0.4 is 14.8 Å². The first kappa shape index (κ1) is 23.4. The van der Waals surface area contributed by atoms with Gasteiger partial charge >= 0.3 is 0 Å². The molecule has 0 aliphatic rings. The third kappa shape index (κ3) is 4.24. The highest BCUT2D eigenvalue weighted by atomic mass is 35.5. The van der Waals surface area contributed by atoms with Gasteiger partial charge in [0.2, 0.25) is 18.2 Å². The van der Waals surface area contributed by atoms with Crippen LogP contribution in [0.1, 0.15) is 20.7 Å². The van der Waals surface area contributed by atoms with Gasteiger partial charge in [0.15, 0.2) is 0 Å². The van der Waals surface area contributed by atoms with Crippen molar-refractivity contribution in [3.63, 3.8) is 0 Å². The molecule has 0 radical (unpaired) electrons. The molecular weight excluding hydrogens is 482 g/mol. The molecule has 0 aromatic heterocycles. The van der Waals surface area contributed by atoms with Crippen LogP contribution >= 0.6 is 41.9 Å². The molecule has 0 saturated carbocycles. The van der Waals surface area contributed by atoms with Crippen LogP contribution in [-0.2, 0) is 4.57 Å². The van der Waals surface area contributed by atoms with Crippen molar-refractivity contribution in [3.05, 3.63) is 86.9 Å². The van der Waals surface area contributed by atoms with Crippen molar-refractivity contribution in [2.75, 3.05) is 14.2 Å². The molecule has 9 heteroatoms. The van der Waals surface area contributed by atoms with E-state index in [1.807, 2.05) is 0 Å². The van der Waals surface area contributed by atoms with E-state index in [9.17, 15) is 14.2 Å². The maximum absolute atomic E-state index is 14.4. The molecule has 0 fully saturated rings. The number of hydrogen-bond donors (Lipinski definition) is 0. The third-order valence-electron chi connectivity index (χ3n) is 4.55. The van der Waals surface area contributed by atoms with Crippen molar-refractivity contribution in [2.24, 2.45) is 0 Å². The molecule has 0 spiro atoms. The number of halogens is 3. The van der Waals surface area contributed by atoms with Crippen LogP contribution in [0.15, 0.2) is 60.7 Å². The molecule has 0 aliphatic heterocycles. The van der Waals surface area contributed by atoms with Crippen LogP contribution in [-0.4, -0.2) is 25.3 Å². The Kier molecular flexibility index (Phi) is 7.13. The molecule has 1 atom stereocenters. The highest BCUT2D eigenvalue weighted by Crippen LogP contribution is 2.55. The van der Waals surface area contributed by atoms with Crippen LogP contribution in [0.25, 0.3) is 0 Å². The molecule has 0 N–H and O–H groups in total. The number of ether oxygens (including phenoxy) is 2. The fourth-order valence-corrected chi connectivity index (χ4v) is 6.54. The van der Waals surface area contributed by atoms with Crippen molar-refractivity contribution in [1.29, 1.82) is 0 Å². The van der Waals surface area contributed by atoms with Gasteiger partial charge in [-0.15, -0.1) is 0 Å². The van der Waals surface area contributed by atoms with E-state index in [0.29, 0.717) is 0 Å². The molecule has 0 bridgehead atoms. The van der Waals surface area contributed by atoms with Gasteiger partial charge in [0.05, 0.1) is 29.8 Å². The molecule has 0 aliphatic carbocycles. The first-order chi connectivity index (χ1) is 14.7. The Balaban J connectivity index is 2.33. The standard InChI is InChI=1S/C22H16Cl3O5P/c1-29-17-9-6-10-18(30-2)20(17)22(27)31(28,14-7-4-3-5-8-14)21(26)19-15(24)11-13(23)12-16(19)25/h3-12H,1-2H3. The summed E-state index contributed by atoms with van der Waals surface area (Å²) < 4.78 is 25.0. The van der Waals surface area contributed by atoms with E-state index >= 15 is 0 Å². The van der Waals surface area contributed by atoms with Crippen molar-refractivity contribution in [3.8, 4) is 11.5 Å². The summed E-state index contributed by atoms with van der Waals surface area (Å²) >= 11 is 18.4. The summed E-state index contributed by atoms with van der Waals surface area (Å²) in [6, 6.07) is 14.9. The van der Waals surface area contributed by atoms with Crippen LogP contribution in [0.3, 0.4) is 0 Å². The fourth-order valence-electron chi connectivity index (χ4n) is 3.09. The van der Waals surface area contributed by atoms with Crippen LogP contribution in [0, 0.1) is 0 Å². The third-order valence-corrected chi connectivity index (χ3v) is 7.99. The minimum absolute atomic E-state index is 0.0278. The summed E-state index contributed by atoms with van der Waals surface area (Å²) in [5.74, 6) is 0.225. The maximum Gasteiger partial charge on any atom is 0.249 e. The second-order valence-corrected chi connectivity index (χ2v) is 10.1. The van der Waals surface area contributed by atoms with E-state index in [0.717, 1.165) is 0 Å². The topological polar surface area (TPSA) is 69.7 Å². The lowest BCUT2D eigenvalue weighted by molar-refractivity contribution is 0.103. The lowest BCUT2D eigenvalue weighted by Gasteiger charge is -2.20. The normalized spacial score (nSPS) is 12.7. The summed E-state index contributed by atoms with van der Waals surface area (Å²) in [4.78, 5) is 27.4. The van der Waals surface area contributed by atoms with Crippen LogP contribution in [0.5, 0.6) is 11.5 Å². The monoisotopic (exact) mass is 496 g/mol. The molecule has 31 heavy (non-hydrogen) atoms. The SMILES string of the molecule is COc1cccc(OC)c1C(=O)P(=O)(C(=O)c1c(Cl)cc(Cl)cc1Cl)c1ccccc1. The van der Waals surface area contributed by atoms with Crippen molar-refractivity contribution in [1.82, 2.24) is 0 Å². The van der Waals surface area contributed by atoms with Gasteiger partial charge in [-0.2, -0.15) is 0 Å². The molecule has 3 aromatic carbocycles.